The van der Waals surface area contributed by atoms with Crippen LogP contribution in [-0.2, 0) is 0 Å². The smallest absolute Gasteiger partial charge is 0.234 e. The Kier molecular flexibility index (Phi) is 2.17. The SMILES string of the molecule is Cc1nc(C(C)C)cnc1F. The molecule has 0 N–H and O–H groups in total. The second kappa shape index (κ2) is 2.95. The number of halogens is 1. The molecule has 0 unspecified atom stereocenters. The van der Waals surface area contributed by atoms with Gasteiger partial charge in [0.1, 0.15) is 0 Å². The molecule has 1 heterocycles. The van der Waals surface area contributed by atoms with Crippen LogP contribution < -0.4 is 0 Å². The average Bonchev–Trinajstić information content (AvgIpc) is 1.94. The van der Waals surface area contributed by atoms with Gasteiger partial charge in [0.05, 0.1) is 17.6 Å². The van der Waals surface area contributed by atoms with Crippen molar-refractivity contribution in [1.82, 2.24) is 9.97 Å². The predicted octanol–water partition coefficient (Wildman–Crippen LogP) is 2.05. The lowest BCUT2D eigenvalue weighted by molar-refractivity contribution is 0.558. The quantitative estimate of drug-likeness (QED) is 0.618. The summed E-state index contributed by atoms with van der Waals surface area (Å²) in [6.07, 6.45) is 1.48. The largest absolute Gasteiger partial charge is 0.252 e. The van der Waals surface area contributed by atoms with Crippen LogP contribution >= 0.6 is 0 Å². The van der Waals surface area contributed by atoms with Gasteiger partial charge in [0.2, 0.25) is 5.95 Å². The van der Waals surface area contributed by atoms with Crippen LogP contribution in [0.1, 0.15) is 31.2 Å². The lowest BCUT2D eigenvalue weighted by atomic mass is 10.1. The Bertz CT molecular complexity index is 258. The van der Waals surface area contributed by atoms with Crippen LogP contribution in [0.15, 0.2) is 6.20 Å². The van der Waals surface area contributed by atoms with Gasteiger partial charge in [0, 0.05) is 0 Å². The van der Waals surface area contributed by atoms with Gasteiger partial charge in [0.25, 0.3) is 0 Å². The summed E-state index contributed by atoms with van der Waals surface area (Å²) in [6, 6.07) is 0. The van der Waals surface area contributed by atoms with Crippen LogP contribution in [0.2, 0.25) is 0 Å². The van der Waals surface area contributed by atoms with E-state index in [1.54, 1.807) is 6.92 Å². The maximum Gasteiger partial charge on any atom is 0.234 e. The maximum atomic E-state index is 12.6. The van der Waals surface area contributed by atoms with Crippen molar-refractivity contribution >= 4 is 0 Å². The van der Waals surface area contributed by atoms with Crippen LogP contribution in [-0.4, -0.2) is 9.97 Å². The molecule has 0 aliphatic rings. The Labute approximate surface area is 65.5 Å². The van der Waals surface area contributed by atoms with Gasteiger partial charge < -0.3 is 0 Å². The third-order valence-corrected chi connectivity index (χ3v) is 1.50. The first-order valence-corrected chi connectivity index (χ1v) is 3.60. The molecule has 0 radical (unpaired) electrons. The molecule has 0 spiro atoms. The van der Waals surface area contributed by atoms with Crippen molar-refractivity contribution in [2.45, 2.75) is 26.7 Å². The van der Waals surface area contributed by atoms with Crippen molar-refractivity contribution < 1.29 is 4.39 Å². The van der Waals surface area contributed by atoms with Gasteiger partial charge in [-0.25, -0.2) is 4.98 Å². The van der Waals surface area contributed by atoms with Gasteiger partial charge in [0.15, 0.2) is 0 Å². The molecule has 2 nitrogen and oxygen atoms in total. The fourth-order valence-electron chi connectivity index (χ4n) is 0.763. The maximum absolute atomic E-state index is 12.6. The zero-order chi connectivity index (χ0) is 8.43. The Morgan fingerprint density at radius 2 is 2.09 bits per heavy atom. The van der Waals surface area contributed by atoms with Crippen LogP contribution in [0.5, 0.6) is 0 Å². The van der Waals surface area contributed by atoms with E-state index in [4.69, 9.17) is 0 Å². The molecule has 1 rings (SSSR count). The molecule has 0 amide bonds. The summed E-state index contributed by atoms with van der Waals surface area (Å²) in [4.78, 5) is 7.61. The highest BCUT2D eigenvalue weighted by Crippen LogP contribution is 2.10. The minimum Gasteiger partial charge on any atom is -0.252 e. The molecule has 60 valence electrons. The third kappa shape index (κ3) is 1.73. The molecule has 1 aromatic heterocycles. The summed E-state index contributed by atoms with van der Waals surface area (Å²) in [5.41, 5.74) is 1.21. The van der Waals surface area contributed by atoms with E-state index in [0.717, 1.165) is 5.69 Å². The number of aryl methyl sites for hydroxylation is 1. The number of aromatic nitrogens is 2. The molecule has 0 bridgehead atoms. The van der Waals surface area contributed by atoms with Crippen molar-refractivity contribution in [3.63, 3.8) is 0 Å². The molecule has 0 aliphatic carbocycles. The molecule has 0 aliphatic heterocycles. The van der Waals surface area contributed by atoms with Gasteiger partial charge >= 0.3 is 0 Å². The van der Waals surface area contributed by atoms with Crippen LogP contribution in [0.3, 0.4) is 0 Å². The minimum absolute atomic E-state index is 0.307. The van der Waals surface area contributed by atoms with Gasteiger partial charge in [-0.1, -0.05) is 13.8 Å². The van der Waals surface area contributed by atoms with Crippen molar-refractivity contribution in [3.05, 3.63) is 23.5 Å². The summed E-state index contributed by atoms with van der Waals surface area (Å²) in [7, 11) is 0. The second-order valence-electron chi connectivity index (χ2n) is 2.83. The molecular weight excluding hydrogens is 143 g/mol. The minimum atomic E-state index is -0.477. The van der Waals surface area contributed by atoms with Crippen LogP contribution in [0.4, 0.5) is 4.39 Å². The van der Waals surface area contributed by atoms with E-state index in [1.165, 1.54) is 6.20 Å². The molecule has 0 aromatic carbocycles. The van der Waals surface area contributed by atoms with Crippen LogP contribution in [0, 0.1) is 12.9 Å². The molecule has 0 saturated heterocycles. The number of nitrogens with zero attached hydrogens (tertiary/aromatic N) is 2. The summed E-state index contributed by atoms with van der Waals surface area (Å²) >= 11 is 0. The Hall–Kier alpha value is -0.990. The average molecular weight is 154 g/mol. The molecule has 0 saturated carbocycles. The summed E-state index contributed by atoms with van der Waals surface area (Å²) < 4.78 is 12.6. The fourth-order valence-corrected chi connectivity index (χ4v) is 0.763. The van der Waals surface area contributed by atoms with E-state index >= 15 is 0 Å². The Morgan fingerprint density at radius 1 is 1.45 bits per heavy atom. The van der Waals surface area contributed by atoms with Gasteiger partial charge in [-0.05, 0) is 12.8 Å². The van der Waals surface area contributed by atoms with Crippen molar-refractivity contribution in [2.75, 3.05) is 0 Å². The van der Waals surface area contributed by atoms with Gasteiger partial charge in [-0.15, -0.1) is 0 Å². The van der Waals surface area contributed by atoms with E-state index in [0.29, 0.717) is 11.6 Å². The molecule has 3 heteroatoms. The second-order valence-corrected chi connectivity index (χ2v) is 2.83. The normalized spacial score (nSPS) is 10.6. The van der Waals surface area contributed by atoms with E-state index in [2.05, 4.69) is 9.97 Å². The van der Waals surface area contributed by atoms with Crippen molar-refractivity contribution in [3.8, 4) is 0 Å². The summed E-state index contributed by atoms with van der Waals surface area (Å²) in [5, 5.41) is 0. The lowest BCUT2D eigenvalue weighted by Gasteiger charge is -2.03. The first kappa shape index (κ1) is 8.11. The molecule has 11 heavy (non-hydrogen) atoms. The molecule has 0 atom stereocenters. The third-order valence-electron chi connectivity index (χ3n) is 1.50. The number of rotatable bonds is 1. The molecule has 0 fully saturated rings. The zero-order valence-electron chi connectivity index (χ0n) is 6.93. The van der Waals surface area contributed by atoms with Gasteiger partial charge in [-0.2, -0.15) is 4.39 Å². The predicted molar refractivity (Wildman–Crippen MR) is 40.8 cm³/mol. The molecular formula is C8H11FN2. The Balaban J connectivity index is 3.05. The van der Waals surface area contributed by atoms with Crippen molar-refractivity contribution in [2.24, 2.45) is 0 Å². The lowest BCUT2D eigenvalue weighted by Crippen LogP contribution is -1.99. The van der Waals surface area contributed by atoms with E-state index in [9.17, 15) is 4.39 Å². The van der Waals surface area contributed by atoms with Gasteiger partial charge in [-0.3, -0.25) is 4.98 Å². The van der Waals surface area contributed by atoms with Crippen LogP contribution in [0.25, 0.3) is 0 Å². The Morgan fingerprint density at radius 3 is 2.55 bits per heavy atom. The summed E-state index contributed by atoms with van der Waals surface area (Å²) in [6.45, 7) is 5.62. The van der Waals surface area contributed by atoms with E-state index in [-0.39, 0.29) is 0 Å². The first-order valence-electron chi connectivity index (χ1n) is 3.60. The first-order chi connectivity index (χ1) is 5.11. The molecule has 1 aromatic rings. The van der Waals surface area contributed by atoms with Crippen molar-refractivity contribution in [1.29, 1.82) is 0 Å². The fraction of sp³-hybridized carbons (Fsp3) is 0.500. The highest BCUT2D eigenvalue weighted by atomic mass is 19.1. The topological polar surface area (TPSA) is 25.8 Å². The highest BCUT2D eigenvalue weighted by molar-refractivity contribution is 5.06. The highest BCUT2D eigenvalue weighted by Gasteiger charge is 2.04. The van der Waals surface area contributed by atoms with E-state index < -0.39 is 5.95 Å². The standard InChI is InChI=1S/C8H11FN2/c1-5(2)7-4-10-8(9)6(3)11-7/h4-5H,1-3H3. The monoisotopic (exact) mass is 154 g/mol. The van der Waals surface area contributed by atoms with E-state index in [1.807, 2.05) is 13.8 Å². The number of hydrogen-bond acceptors (Lipinski definition) is 2. The zero-order valence-corrected chi connectivity index (χ0v) is 6.93. The number of hydrogen-bond donors (Lipinski definition) is 0. The summed E-state index contributed by atoms with van der Waals surface area (Å²) in [5.74, 6) is -0.170.